The summed E-state index contributed by atoms with van der Waals surface area (Å²) < 4.78 is 0. The third-order valence-corrected chi connectivity index (χ3v) is 2.96. The van der Waals surface area contributed by atoms with Crippen LogP contribution in [0, 0.1) is 0 Å². The van der Waals surface area contributed by atoms with Crippen molar-refractivity contribution in [2.75, 3.05) is 0 Å². The van der Waals surface area contributed by atoms with Crippen LogP contribution >= 0.6 is 0 Å². The van der Waals surface area contributed by atoms with E-state index in [1.54, 1.807) is 0 Å². The van der Waals surface area contributed by atoms with E-state index < -0.39 is 0 Å². The molecular weight excluding hydrogens is 202 g/mol. The van der Waals surface area contributed by atoms with E-state index in [0.29, 0.717) is 12.0 Å². The topological polar surface area (TPSA) is 49.7 Å². The van der Waals surface area contributed by atoms with Crippen LogP contribution < -0.4 is 0 Å². The second-order valence-corrected chi connectivity index (χ2v) is 5.17. The number of ketones is 1. The Bertz CT molecular complexity index is 481. The third-order valence-electron chi connectivity index (χ3n) is 2.96. The number of fused-ring (bicyclic) bond motifs is 1. The van der Waals surface area contributed by atoms with E-state index in [0.717, 1.165) is 11.1 Å². The van der Waals surface area contributed by atoms with Gasteiger partial charge in [0.1, 0.15) is 5.71 Å². The van der Waals surface area contributed by atoms with Crippen LogP contribution in [0.15, 0.2) is 23.4 Å². The van der Waals surface area contributed by atoms with Gasteiger partial charge in [-0.3, -0.25) is 4.79 Å². The van der Waals surface area contributed by atoms with Gasteiger partial charge in [0.05, 0.1) is 0 Å². The molecule has 1 N–H and O–H groups in total. The molecule has 1 aromatic carbocycles. The van der Waals surface area contributed by atoms with Crippen LogP contribution in [0.4, 0.5) is 0 Å². The molecule has 0 aromatic heterocycles. The number of hydrogen-bond donors (Lipinski definition) is 1. The Hall–Kier alpha value is -1.64. The fourth-order valence-electron chi connectivity index (χ4n) is 1.91. The van der Waals surface area contributed by atoms with Gasteiger partial charge in [-0.1, -0.05) is 38.1 Å². The summed E-state index contributed by atoms with van der Waals surface area (Å²) in [5.41, 5.74) is 3.01. The van der Waals surface area contributed by atoms with E-state index >= 15 is 0 Å². The van der Waals surface area contributed by atoms with Crippen molar-refractivity contribution in [3.05, 3.63) is 34.9 Å². The molecular formula is C13H15NO2. The predicted octanol–water partition coefficient (Wildman–Crippen LogP) is 2.55. The van der Waals surface area contributed by atoms with Crippen molar-refractivity contribution < 1.29 is 10.0 Å². The molecule has 1 aliphatic carbocycles. The average molecular weight is 217 g/mol. The summed E-state index contributed by atoms with van der Waals surface area (Å²) >= 11 is 0. The Labute approximate surface area is 94.8 Å². The van der Waals surface area contributed by atoms with Gasteiger partial charge in [0, 0.05) is 12.0 Å². The van der Waals surface area contributed by atoms with Gasteiger partial charge in [-0.05, 0) is 22.6 Å². The molecule has 1 aromatic rings. The van der Waals surface area contributed by atoms with Gasteiger partial charge >= 0.3 is 0 Å². The fourth-order valence-corrected chi connectivity index (χ4v) is 1.91. The highest BCUT2D eigenvalue weighted by Gasteiger charge is 2.28. The first-order chi connectivity index (χ1) is 7.43. The zero-order chi connectivity index (χ0) is 11.9. The lowest BCUT2D eigenvalue weighted by Gasteiger charge is -2.19. The number of hydrogen-bond acceptors (Lipinski definition) is 3. The molecule has 0 heterocycles. The van der Waals surface area contributed by atoms with Crippen LogP contribution in [0.3, 0.4) is 0 Å². The minimum atomic E-state index is -0.149. The molecule has 1 aliphatic rings. The van der Waals surface area contributed by atoms with Crippen LogP contribution in [-0.4, -0.2) is 16.7 Å². The Morgan fingerprint density at radius 1 is 1.31 bits per heavy atom. The largest absolute Gasteiger partial charge is 0.411 e. The number of carbonyl (C=O) groups excluding carboxylic acids is 1. The number of Topliss-reactive ketones (excluding diaryl/α,β-unsaturated/α-hetero) is 1. The minimum absolute atomic E-state index is 0.0222. The SMILES string of the molecule is CC(C)(C)c1ccc2c(c1)C(=O)/C(=N\O)C2. The average Bonchev–Trinajstić information content (AvgIpc) is 2.54. The van der Waals surface area contributed by atoms with E-state index in [1.165, 1.54) is 0 Å². The normalized spacial score (nSPS) is 17.9. The van der Waals surface area contributed by atoms with Crippen molar-refractivity contribution in [1.82, 2.24) is 0 Å². The number of carbonyl (C=O) groups is 1. The Kier molecular flexibility index (Phi) is 2.34. The molecule has 0 radical (unpaired) electrons. The molecule has 0 atom stereocenters. The maximum atomic E-state index is 11.8. The summed E-state index contributed by atoms with van der Waals surface area (Å²) in [5.74, 6) is -0.149. The summed E-state index contributed by atoms with van der Waals surface area (Å²) in [5, 5.41) is 11.7. The number of rotatable bonds is 0. The summed E-state index contributed by atoms with van der Waals surface area (Å²) in [6.07, 6.45) is 0.440. The van der Waals surface area contributed by atoms with Gasteiger partial charge in [0.15, 0.2) is 0 Å². The maximum Gasteiger partial charge on any atom is 0.211 e. The van der Waals surface area contributed by atoms with Crippen molar-refractivity contribution in [2.24, 2.45) is 5.16 Å². The maximum absolute atomic E-state index is 11.8. The molecule has 0 saturated heterocycles. The van der Waals surface area contributed by atoms with Crippen LogP contribution in [0.5, 0.6) is 0 Å². The first kappa shape index (κ1) is 10.9. The van der Waals surface area contributed by atoms with Gasteiger partial charge < -0.3 is 5.21 Å². The quantitative estimate of drug-likeness (QED) is 0.536. The second-order valence-electron chi connectivity index (χ2n) is 5.17. The molecule has 2 rings (SSSR count). The first-order valence-electron chi connectivity index (χ1n) is 5.32. The van der Waals surface area contributed by atoms with Crippen molar-refractivity contribution in [2.45, 2.75) is 32.6 Å². The number of benzene rings is 1. The highest BCUT2D eigenvalue weighted by Crippen LogP contribution is 2.28. The Morgan fingerprint density at radius 2 is 2.00 bits per heavy atom. The molecule has 0 fully saturated rings. The fraction of sp³-hybridized carbons (Fsp3) is 0.385. The monoisotopic (exact) mass is 217 g/mol. The molecule has 16 heavy (non-hydrogen) atoms. The summed E-state index contributed by atoms with van der Waals surface area (Å²) in [6, 6.07) is 5.90. The molecule has 3 nitrogen and oxygen atoms in total. The van der Waals surface area contributed by atoms with Crippen LogP contribution in [0.2, 0.25) is 0 Å². The van der Waals surface area contributed by atoms with Crippen LogP contribution in [0.25, 0.3) is 0 Å². The van der Waals surface area contributed by atoms with Gasteiger partial charge in [0.25, 0.3) is 0 Å². The molecule has 0 bridgehead atoms. The van der Waals surface area contributed by atoms with Gasteiger partial charge in [-0.2, -0.15) is 0 Å². The van der Waals surface area contributed by atoms with Crippen molar-refractivity contribution in [3.8, 4) is 0 Å². The van der Waals surface area contributed by atoms with E-state index in [1.807, 2.05) is 18.2 Å². The predicted molar refractivity (Wildman–Crippen MR) is 62.4 cm³/mol. The second kappa shape index (κ2) is 3.44. The summed E-state index contributed by atoms with van der Waals surface area (Å²) in [4.78, 5) is 11.8. The molecule has 0 spiro atoms. The highest BCUT2D eigenvalue weighted by molar-refractivity contribution is 6.49. The number of oxime groups is 1. The standard InChI is InChI=1S/C13H15NO2/c1-13(2,3)9-5-4-8-6-11(14-16)12(15)10(8)7-9/h4-5,7,16H,6H2,1-3H3/b14-11-. The van der Waals surface area contributed by atoms with Gasteiger partial charge in [-0.25, -0.2) is 0 Å². The van der Waals surface area contributed by atoms with Crippen molar-refractivity contribution in [1.29, 1.82) is 0 Å². The lowest BCUT2D eigenvalue weighted by molar-refractivity contribution is 0.106. The summed E-state index contributed by atoms with van der Waals surface area (Å²) in [6.45, 7) is 6.32. The lowest BCUT2D eigenvalue weighted by atomic mass is 9.85. The van der Waals surface area contributed by atoms with Crippen LogP contribution in [0.1, 0.15) is 42.3 Å². The van der Waals surface area contributed by atoms with E-state index in [9.17, 15) is 4.79 Å². The van der Waals surface area contributed by atoms with Crippen LogP contribution in [-0.2, 0) is 11.8 Å². The smallest absolute Gasteiger partial charge is 0.211 e. The molecule has 0 unspecified atom stereocenters. The molecule has 0 saturated carbocycles. The molecule has 0 amide bonds. The zero-order valence-electron chi connectivity index (χ0n) is 9.74. The third kappa shape index (κ3) is 1.62. The van der Waals surface area contributed by atoms with E-state index in [-0.39, 0.29) is 16.9 Å². The highest BCUT2D eigenvalue weighted by atomic mass is 16.4. The molecule has 84 valence electrons. The summed E-state index contributed by atoms with van der Waals surface area (Å²) in [7, 11) is 0. The van der Waals surface area contributed by atoms with Gasteiger partial charge in [-0.15, -0.1) is 0 Å². The lowest BCUT2D eigenvalue weighted by Crippen LogP contribution is -2.12. The van der Waals surface area contributed by atoms with Crippen molar-refractivity contribution in [3.63, 3.8) is 0 Å². The van der Waals surface area contributed by atoms with Gasteiger partial charge in [0.2, 0.25) is 5.78 Å². The Balaban J connectivity index is 2.51. The number of nitrogens with zero attached hydrogens (tertiary/aromatic N) is 1. The first-order valence-corrected chi connectivity index (χ1v) is 5.32. The molecule has 0 aliphatic heterocycles. The zero-order valence-corrected chi connectivity index (χ0v) is 9.74. The minimum Gasteiger partial charge on any atom is -0.411 e. The van der Waals surface area contributed by atoms with E-state index in [4.69, 9.17) is 5.21 Å². The molecule has 3 heteroatoms. The van der Waals surface area contributed by atoms with Crippen molar-refractivity contribution >= 4 is 11.5 Å². The van der Waals surface area contributed by atoms with E-state index in [2.05, 4.69) is 25.9 Å². The Morgan fingerprint density at radius 3 is 2.56 bits per heavy atom.